The average Bonchev–Trinajstić information content (AvgIpc) is 2.82. The molecule has 4 nitrogen and oxygen atoms in total. The molecule has 2 unspecified atom stereocenters. The van der Waals surface area contributed by atoms with Gasteiger partial charge in [-0.1, -0.05) is 25.1 Å². The van der Waals surface area contributed by atoms with E-state index in [1.54, 1.807) is 4.90 Å². The topological polar surface area (TPSA) is 49.4 Å². The predicted molar refractivity (Wildman–Crippen MR) is 74.8 cm³/mol. The molecular weight excluding hydrogens is 240 g/mol. The predicted octanol–water partition coefficient (Wildman–Crippen LogP) is 1.95. The quantitative estimate of drug-likeness (QED) is 0.899. The summed E-state index contributed by atoms with van der Waals surface area (Å²) in [5.74, 6) is -0.224. The van der Waals surface area contributed by atoms with E-state index in [1.165, 1.54) is 0 Å². The molecule has 1 aromatic carbocycles. The second-order valence-corrected chi connectivity index (χ2v) is 5.06. The van der Waals surface area contributed by atoms with Gasteiger partial charge in [0.05, 0.1) is 5.92 Å². The van der Waals surface area contributed by atoms with E-state index >= 15 is 0 Å². The Hall–Kier alpha value is -1.84. The number of benzene rings is 1. The minimum Gasteiger partial charge on any atom is -0.353 e. The smallest absolute Gasteiger partial charge is 0.227 e. The first kappa shape index (κ1) is 13.6. The molecule has 0 aromatic heterocycles. The standard InChI is InChI=1S/C15H20N2O2/c1-3-11(2)16-15(19)12-9-14(18)17(10-12)13-7-5-4-6-8-13/h4-8,11-12H,3,9-10H2,1-2H3,(H,16,19). The summed E-state index contributed by atoms with van der Waals surface area (Å²) >= 11 is 0. The summed E-state index contributed by atoms with van der Waals surface area (Å²) in [5, 5.41) is 2.95. The molecule has 0 aliphatic carbocycles. The number of carbonyl (C=O) groups is 2. The van der Waals surface area contributed by atoms with Gasteiger partial charge in [-0.15, -0.1) is 0 Å². The number of carbonyl (C=O) groups excluding carboxylic acids is 2. The summed E-state index contributed by atoms with van der Waals surface area (Å²) in [5.41, 5.74) is 0.867. The average molecular weight is 260 g/mol. The second-order valence-electron chi connectivity index (χ2n) is 5.06. The van der Waals surface area contributed by atoms with Gasteiger partial charge in [-0.05, 0) is 25.5 Å². The van der Waals surface area contributed by atoms with Crippen molar-refractivity contribution in [2.75, 3.05) is 11.4 Å². The Bertz CT molecular complexity index is 458. The van der Waals surface area contributed by atoms with Crippen molar-refractivity contribution in [2.45, 2.75) is 32.7 Å². The molecule has 0 bridgehead atoms. The summed E-state index contributed by atoms with van der Waals surface area (Å²) in [7, 11) is 0. The van der Waals surface area contributed by atoms with E-state index < -0.39 is 0 Å². The van der Waals surface area contributed by atoms with Crippen LogP contribution in [0.15, 0.2) is 30.3 Å². The number of anilines is 1. The van der Waals surface area contributed by atoms with E-state index in [4.69, 9.17) is 0 Å². The van der Waals surface area contributed by atoms with Crippen LogP contribution in [0.3, 0.4) is 0 Å². The first-order chi connectivity index (χ1) is 9.11. The molecule has 1 N–H and O–H groups in total. The van der Waals surface area contributed by atoms with E-state index in [1.807, 2.05) is 44.2 Å². The van der Waals surface area contributed by atoms with Gasteiger partial charge in [-0.3, -0.25) is 9.59 Å². The van der Waals surface area contributed by atoms with Crippen molar-refractivity contribution in [1.29, 1.82) is 0 Å². The molecule has 1 aliphatic rings. The SMILES string of the molecule is CCC(C)NC(=O)C1CC(=O)N(c2ccccc2)C1. The Balaban J connectivity index is 2.02. The summed E-state index contributed by atoms with van der Waals surface area (Å²) in [6.07, 6.45) is 1.20. The molecule has 102 valence electrons. The summed E-state index contributed by atoms with van der Waals surface area (Å²) in [4.78, 5) is 25.7. The first-order valence-corrected chi connectivity index (χ1v) is 6.77. The third-order valence-corrected chi connectivity index (χ3v) is 3.56. The van der Waals surface area contributed by atoms with E-state index in [0.29, 0.717) is 13.0 Å². The fourth-order valence-electron chi connectivity index (χ4n) is 2.20. The van der Waals surface area contributed by atoms with Gasteiger partial charge < -0.3 is 10.2 Å². The van der Waals surface area contributed by atoms with Crippen molar-refractivity contribution >= 4 is 17.5 Å². The normalized spacial score (nSPS) is 20.4. The Morgan fingerprint density at radius 3 is 2.74 bits per heavy atom. The summed E-state index contributed by atoms with van der Waals surface area (Å²) in [6, 6.07) is 9.66. The number of nitrogens with one attached hydrogen (secondary N) is 1. The number of nitrogens with zero attached hydrogens (tertiary/aromatic N) is 1. The zero-order valence-electron chi connectivity index (χ0n) is 11.4. The van der Waals surface area contributed by atoms with Crippen LogP contribution in [-0.2, 0) is 9.59 Å². The van der Waals surface area contributed by atoms with Crippen LogP contribution >= 0.6 is 0 Å². The lowest BCUT2D eigenvalue weighted by Crippen LogP contribution is -2.38. The van der Waals surface area contributed by atoms with Gasteiger partial charge in [0.15, 0.2) is 0 Å². The van der Waals surface area contributed by atoms with E-state index in [-0.39, 0.29) is 23.8 Å². The Morgan fingerprint density at radius 2 is 2.11 bits per heavy atom. The molecule has 1 saturated heterocycles. The van der Waals surface area contributed by atoms with Crippen molar-refractivity contribution in [2.24, 2.45) is 5.92 Å². The number of hydrogen-bond donors (Lipinski definition) is 1. The third kappa shape index (κ3) is 3.13. The number of amides is 2. The van der Waals surface area contributed by atoms with Crippen LogP contribution in [-0.4, -0.2) is 24.4 Å². The molecular formula is C15H20N2O2. The molecule has 0 radical (unpaired) electrons. The second kappa shape index (κ2) is 5.87. The fourth-order valence-corrected chi connectivity index (χ4v) is 2.20. The van der Waals surface area contributed by atoms with E-state index in [2.05, 4.69) is 5.32 Å². The monoisotopic (exact) mass is 260 g/mol. The van der Waals surface area contributed by atoms with E-state index in [9.17, 15) is 9.59 Å². The van der Waals surface area contributed by atoms with Gasteiger partial charge in [0, 0.05) is 24.7 Å². The highest BCUT2D eigenvalue weighted by molar-refractivity contribution is 6.00. The fraction of sp³-hybridized carbons (Fsp3) is 0.467. The first-order valence-electron chi connectivity index (χ1n) is 6.77. The van der Waals surface area contributed by atoms with Crippen LogP contribution in [0, 0.1) is 5.92 Å². The van der Waals surface area contributed by atoms with Crippen LogP contribution in [0.2, 0.25) is 0 Å². The molecule has 0 saturated carbocycles. The molecule has 2 amide bonds. The van der Waals surface area contributed by atoms with Crippen LogP contribution in [0.5, 0.6) is 0 Å². The number of rotatable bonds is 4. The zero-order chi connectivity index (χ0) is 13.8. The van der Waals surface area contributed by atoms with Crippen molar-refractivity contribution < 1.29 is 9.59 Å². The third-order valence-electron chi connectivity index (χ3n) is 3.56. The molecule has 1 aromatic rings. The molecule has 1 heterocycles. The molecule has 4 heteroatoms. The van der Waals surface area contributed by atoms with Crippen molar-refractivity contribution in [3.63, 3.8) is 0 Å². The van der Waals surface area contributed by atoms with Gasteiger partial charge >= 0.3 is 0 Å². The molecule has 0 spiro atoms. The van der Waals surface area contributed by atoms with Crippen molar-refractivity contribution in [1.82, 2.24) is 5.32 Å². The Labute approximate surface area is 113 Å². The van der Waals surface area contributed by atoms with Crippen LogP contribution in [0.1, 0.15) is 26.7 Å². The van der Waals surface area contributed by atoms with Crippen LogP contribution in [0.25, 0.3) is 0 Å². The summed E-state index contributed by atoms with van der Waals surface area (Å²) < 4.78 is 0. The molecule has 2 atom stereocenters. The Morgan fingerprint density at radius 1 is 1.42 bits per heavy atom. The van der Waals surface area contributed by atoms with Gasteiger partial charge in [-0.2, -0.15) is 0 Å². The molecule has 1 fully saturated rings. The number of para-hydroxylation sites is 1. The summed E-state index contributed by atoms with van der Waals surface area (Å²) in [6.45, 7) is 4.48. The maximum absolute atomic E-state index is 12.0. The Kier molecular flexibility index (Phi) is 4.20. The van der Waals surface area contributed by atoms with Gasteiger partial charge in [0.2, 0.25) is 11.8 Å². The highest BCUT2D eigenvalue weighted by atomic mass is 16.2. The lowest BCUT2D eigenvalue weighted by molar-refractivity contribution is -0.126. The van der Waals surface area contributed by atoms with Gasteiger partial charge in [0.1, 0.15) is 0 Å². The van der Waals surface area contributed by atoms with E-state index in [0.717, 1.165) is 12.1 Å². The minimum atomic E-state index is -0.235. The van der Waals surface area contributed by atoms with Crippen molar-refractivity contribution in [3.8, 4) is 0 Å². The largest absolute Gasteiger partial charge is 0.353 e. The van der Waals surface area contributed by atoms with Crippen LogP contribution < -0.4 is 10.2 Å². The molecule has 1 aliphatic heterocycles. The highest BCUT2D eigenvalue weighted by Crippen LogP contribution is 2.24. The highest BCUT2D eigenvalue weighted by Gasteiger charge is 2.35. The lowest BCUT2D eigenvalue weighted by atomic mass is 10.1. The maximum Gasteiger partial charge on any atom is 0.227 e. The van der Waals surface area contributed by atoms with Crippen molar-refractivity contribution in [3.05, 3.63) is 30.3 Å². The van der Waals surface area contributed by atoms with Gasteiger partial charge in [-0.25, -0.2) is 0 Å². The van der Waals surface area contributed by atoms with Gasteiger partial charge in [0.25, 0.3) is 0 Å². The lowest BCUT2D eigenvalue weighted by Gasteiger charge is -2.17. The zero-order valence-corrected chi connectivity index (χ0v) is 11.4. The van der Waals surface area contributed by atoms with Crippen LogP contribution in [0.4, 0.5) is 5.69 Å². The number of hydrogen-bond acceptors (Lipinski definition) is 2. The molecule has 2 rings (SSSR count). The maximum atomic E-state index is 12.0. The minimum absolute atomic E-state index is 0.0128. The molecule has 19 heavy (non-hydrogen) atoms.